The first-order chi connectivity index (χ1) is 13.1. The minimum absolute atomic E-state index is 0.328. The van der Waals surface area contributed by atoms with Crippen LogP contribution >= 0.6 is 7.37 Å². The second-order valence-corrected chi connectivity index (χ2v) is 11.4. The van der Waals surface area contributed by atoms with Crippen molar-refractivity contribution in [3.8, 4) is 0 Å². The van der Waals surface area contributed by atoms with Gasteiger partial charge in [0.1, 0.15) is 0 Å². The molecule has 4 nitrogen and oxygen atoms in total. The SMILES string of the molecule is Cc1cc(C)c(C(=O)P(=O)(OC(=O)C(C)CC(C)C)C2CCCCC2)c(C)c1. The van der Waals surface area contributed by atoms with E-state index in [9.17, 15) is 14.2 Å². The maximum atomic E-state index is 14.1. The average molecular weight is 407 g/mol. The van der Waals surface area contributed by atoms with Crippen LogP contribution in [-0.4, -0.2) is 17.2 Å². The summed E-state index contributed by atoms with van der Waals surface area (Å²) in [7, 11) is -3.82. The first-order valence-corrected chi connectivity index (χ1v) is 12.2. The van der Waals surface area contributed by atoms with Crippen molar-refractivity contribution in [2.45, 2.75) is 85.7 Å². The number of aryl methyl sites for hydroxylation is 3. The van der Waals surface area contributed by atoms with Crippen LogP contribution < -0.4 is 0 Å². The summed E-state index contributed by atoms with van der Waals surface area (Å²) in [5.41, 5.74) is 2.28. The lowest BCUT2D eigenvalue weighted by molar-refractivity contribution is -0.138. The van der Waals surface area contributed by atoms with Crippen LogP contribution in [0.2, 0.25) is 0 Å². The predicted octanol–water partition coefficient (Wildman–Crippen LogP) is 6.59. The third-order valence-electron chi connectivity index (χ3n) is 5.68. The van der Waals surface area contributed by atoms with Crippen molar-refractivity contribution in [3.05, 3.63) is 34.4 Å². The molecule has 5 heteroatoms. The Morgan fingerprint density at radius 1 is 1.04 bits per heavy atom. The van der Waals surface area contributed by atoms with Crippen molar-refractivity contribution in [1.82, 2.24) is 0 Å². The van der Waals surface area contributed by atoms with Gasteiger partial charge in [0.2, 0.25) is 0 Å². The fraction of sp³-hybridized carbons (Fsp3) is 0.652. The van der Waals surface area contributed by atoms with Crippen LogP contribution in [0.25, 0.3) is 0 Å². The first-order valence-electron chi connectivity index (χ1n) is 10.5. The third kappa shape index (κ3) is 5.14. The number of benzene rings is 1. The van der Waals surface area contributed by atoms with Crippen LogP contribution in [0.5, 0.6) is 0 Å². The number of carbonyl (C=O) groups is 2. The lowest BCUT2D eigenvalue weighted by Crippen LogP contribution is -2.25. The molecule has 0 heterocycles. The van der Waals surface area contributed by atoms with Gasteiger partial charge in [-0.05, 0) is 57.1 Å². The second-order valence-electron chi connectivity index (χ2n) is 8.91. The molecule has 1 fully saturated rings. The molecule has 0 aromatic heterocycles. The van der Waals surface area contributed by atoms with Gasteiger partial charge in [0.05, 0.1) is 11.6 Å². The van der Waals surface area contributed by atoms with Gasteiger partial charge in [-0.15, -0.1) is 0 Å². The van der Waals surface area contributed by atoms with E-state index in [0.29, 0.717) is 30.7 Å². The molecule has 0 amide bonds. The fourth-order valence-corrected chi connectivity index (χ4v) is 7.12. The minimum Gasteiger partial charge on any atom is -0.405 e. The zero-order chi connectivity index (χ0) is 21.1. The zero-order valence-corrected chi connectivity index (χ0v) is 19.1. The van der Waals surface area contributed by atoms with Gasteiger partial charge in [-0.3, -0.25) is 14.2 Å². The Bertz CT molecular complexity index is 752. The van der Waals surface area contributed by atoms with E-state index in [1.165, 1.54) is 0 Å². The lowest BCUT2D eigenvalue weighted by Gasteiger charge is -2.30. The molecule has 1 aliphatic carbocycles. The highest BCUT2D eigenvalue weighted by atomic mass is 31.2. The van der Waals surface area contributed by atoms with Crippen molar-refractivity contribution in [3.63, 3.8) is 0 Å². The molecule has 0 bridgehead atoms. The van der Waals surface area contributed by atoms with Crippen molar-refractivity contribution in [2.24, 2.45) is 11.8 Å². The van der Waals surface area contributed by atoms with Gasteiger partial charge in [0.15, 0.2) is 0 Å². The summed E-state index contributed by atoms with van der Waals surface area (Å²) in [5.74, 6) is -0.544. The van der Waals surface area contributed by atoms with Crippen LogP contribution in [0.15, 0.2) is 12.1 Å². The maximum absolute atomic E-state index is 14.1. The van der Waals surface area contributed by atoms with Gasteiger partial charge < -0.3 is 4.52 Å². The van der Waals surface area contributed by atoms with Crippen molar-refractivity contribution in [1.29, 1.82) is 0 Å². The molecule has 1 aromatic rings. The smallest absolute Gasteiger partial charge is 0.321 e. The molecule has 1 aliphatic rings. The Morgan fingerprint density at radius 3 is 2.07 bits per heavy atom. The summed E-state index contributed by atoms with van der Waals surface area (Å²) in [6, 6.07) is 3.85. The first kappa shape index (κ1) is 22.9. The molecule has 0 spiro atoms. The molecule has 1 saturated carbocycles. The highest BCUT2D eigenvalue weighted by Crippen LogP contribution is 2.59. The molecule has 0 saturated heterocycles. The molecule has 2 unspecified atom stereocenters. The molecule has 1 aromatic carbocycles. The Kier molecular flexibility index (Phi) is 7.67. The second kappa shape index (κ2) is 9.39. The Labute approximate surface area is 169 Å². The van der Waals surface area contributed by atoms with Crippen molar-refractivity contribution < 1.29 is 18.7 Å². The van der Waals surface area contributed by atoms with Crippen LogP contribution in [0.1, 0.15) is 86.3 Å². The number of hydrogen-bond donors (Lipinski definition) is 0. The van der Waals surface area contributed by atoms with Crippen LogP contribution in [0.3, 0.4) is 0 Å². The van der Waals surface area contributed by atoms with Gasteiger partial charge in [-0.25, -0.2) is 0 Å². The van der Waals surface area contributed by atoms with Gasteiger partial charge in [0.25, 0.3) is 5.52 Å². The lowest BCUT2D eigenvalue weighted by atomic mass is 9.99. The Balaban J connectivity index is 2.43. The molecule has 156 valence electrons. The van der Waals surface area contributed by atoms with Crippen LogP contribution in [0.4, 0.5) is 0 Å². The van der Waals surface area contributed by atoms with Crippen molar-refractivity contribution in [2.75, 3.05) is 0 Å². The normalized spacial score (nSPS) is 18.5. The molecular weight excluding hydrogens is 371 g/mol. The highest BCUT2D eigenvalue weighted by molar-refractivity contribution is 7.78. The van der Waals surface area contributed by atoms with E-state index in [2.05, 4.69) is 0 Å². The standard InChI is InChI=1S/C23H35O4P/c1-15(2)12-19(6)22(24)27-28(26,20-10-8-7-9-11-20)23(25)21-17(4)13-16(3)14-18(21)5/h13-15,19-20H,7-12H2,1-6H3. The minimum atomic E-state index is -3.82. The van der Waals surface area contributed by atoms with Gasteiger partial charge in [-0.2, -0.15) is 0 Å². The zero-order valence-electron chi connectivity index (χ0n) is 18.2. The van der Waals surface area contributed by atoms with E-state index < -0.39 is 18.9 Å². The van der Waals surface area contributed by atoms with Crippen LogP contribution in [-0.2, 0) is 13.9 Å². The van der Waals surface area contributed by atoms with Gasteiger partial charge in [0, 0.05) is 5.56 Å². The predicted molar refractivity (Wildman–Crippen MR) is 114 cm³/mol. The molecule has 28 heavy (non-hydrogen) atoms. The average Bonchev–Trinajstić information content (AvgIpc) is 2.60. The van der Waals surface area contributed by atoms with Gasteiger partial charge >= 0.3 is 13.3 Å². The number of rotatable bonds is 7. The monoisotopic (exact) mass is 406 g/mol. The summed E-state index contributed by atoms with van der Waals surface area (Å²) in [6.45, 7) is 11.6. The van der Waals surface area contributed by atoms with E-state index in [0.717, 1.165) is 36.0 Å². The summed E-state index contributed by atoms with van der Waals surface area (Å²) in [4.78, 5) is 26.3. The molecule has 0 aliphatic heterocycles. The fourth-order valence-electron chi connectivity index (χ4n) is 4.40. The quantitative estimate of drug-likeness (QED) is 0.479. The number of hydrogen-bond acceptors (Lipinski definition) is 4. The van der Waals surface area contributed by atoms with E-state index in [1.807, 2.05) is 46.8 Å². The van der Waals surface area contributed by atoms with E-state index in [1.54, 1.807) is 6.92 Å². The van der Waals surface area contributed by atoms with E-state index >= 15 is 0 Å². The Hall–Kier alpha value is -1.41. The maximum Gasteiger partial charge on any atom is 0.321 e. The largest absolute Gasteiger partial charge is 0.405 e. The summed E-state index contributed by atoms with van der Waals surface area (Å²) in [5, 5.41) is 0. The molecule has 0 N–H and O–H groups in total. The third-order valence-corrected chi connectivity index (χ3v) is 8.40. The van der Waals surface area contributed by atoms with Crippen LogP contribution in [0, 0.1) is 32.6 Å². The number of carbonyl (C=O) groups excluding carboxylic acids is 2. The summed E-state index contributed by atoms with van der Waals surface area (Å²) >= 11 is 0. The summed E-state index contributed by atoms with van der Waals surface area (Å²) in [6.07, 6.45) is 4.93. The molecule has 2 rings (SSSR count). The Morgan fingerprint density at radius 2 is 1.57 bits per heavy atom. The molecule has 2 atom stereocenters. The van der Waals surface area contributed by atoms with E-state index in [-0.39, 0.29) is 11.6 Å². The molecular formula is C23H35O4P. The molecule has 0 radical (unpaired) electrons. The summed E-state index contributed by atoms with van der Waals surface area (Å²) < 4.78 is 19.7. The highest BCUT2D eigenvalue weighted by Gasteiger charge is 2.46. The topological polar surface area (TPSA) is 60.4 Å². The van der Waals surface area contributed by atoms with Crippen molar-refractivity contribution >= 4 is 18.9 Å². The van der Waals surface area contributed by atoms with E-state index in [4.69, 9.17) is 4.52 Å². The van der Waals surface area contributed by atoms with Gasteiger partial charge in [-0.1, -0.05) is 57.7 Å².